The number of amides is 1. The minimum Gasteiger partial charge on any atom is -0.446 e. The number of nitrogens with one attached hydrogen (secondary N) is 1. The van der Waals surface area contributed by atoms with E-state index in [1.807, 2.05) is 49.4 Å². The Kier molecular flexibility index (Phi) is 9.27. The van der Waals surface area contributed by atoms with Gasteiger partial charge in [0.15, 0.2) is 5.60 Å². The molecule has 1 amide bonds. The minimum absolute atomic E-state index is 0.145. The Bertz CT molecular complexity index is 1360. The minimum atomic E-state index is -1.50. The lowest BCUT2D eigenvalue weighted by Crippen LogP contribution is -2.50. The smallest absolute Gasteiger partial charge is 0.339 e. The average molecular weight is 533 g/mol. The highest BCUT2D eigenvalue weighted by Gasteiger charge is 2.35. The molecule has 0 unspecified atom stereocenters. The van der Waals surface area contributed by atoms with E-state index in [0.717, 1.165) is 11.1 Å². The van der Waals surface area contributed by atoms with Crippen molar-refractivity contribution < 1.29 is 23.9 Å². The van der Waals surface area contributed by atoms with Crippen LogP contribution in [0.4, 0.5) is 0 Å². The molecule has 3 aromatic carbocycles. The third-order valence-corrected chi connectivity index (χ3v) is 6.25. The highest BCUT2D eigenvalue weighted by molar-refractivity contribution is 6.30. The second-order valence-electron chi connectivity index (χ2n) is 9.46. The number of rotatable bonds is 9. The zero-order chi connectivity index (χ0) is 27.9. The molecule has 2 atom stereocenters. The average Bonchev–Trinajstić information content (AvgIpc) is 2.87. The Hall–Kier alpha value is -4.15. The lowest BCUT2D eigenvalue weighted by Gasteiger charge is -2.30. The number of carbonyl (C=O) groups excluding carboxylic acids is 3. The third kappa shape index (κ3) is 7.67. The molecule has 0 saturated heterocycles. The number of nitriles is 1. The standard InChI is InChI=1S/C30H29ClN2O5/c1-19(27(16-21-11-13-25(31)14-12-21)23-8-5-7-22(15-23)18-32)33-29(36)30(3,4)38-28(35)24-9-6-10-26(17-24)37-20(2)34/h5-15,17,19,27H,16H2,1-4H3,(H,33,36)/t19-,27+/m0/s1. The molecule has 1 N–H and O–H groups in total. The molecule has 196 valence electrons. The summed E-state index contributed by atoms with van der Waals surface area (Å²) in [5.74, 6) is -1.70. The molecule has 0 aliphatic rings. The molecule has 7 nitrogen and oxygen atoms in total. The molecule has 0 heterocycles. The Morgan fingerprint density at radius 1 is 1.03 bits per heavy atom. The summed E-state index contributed by atoms with van der Waals surface area (Å²) in [7, 11) is 0. The molecule has 0 radical (unpaired) electrons. The number of halogens is 1. The first-order valence-electron chi connectivity index (χ1n) is 12.1. The fourth-order valence-electron chi connectivity index (χ4n) is 3.97. The van der Waals surface area contributed by atoms with Gasteiger partial charge < -0.3 is 14.8 Å². The Labute approximate surface area is 227 Å². The molecule has 0 bridgehead atoms. The van der Waals surface area contributed by atoms with Gasteiger partial charge in [-0.2, -0.15) is 5.26 Å². The van der Waals surface area contributed by atoms with Gasteiger partial charge in [-0.1, -0.05) is 41.9 Å². The van der Waals surface area contributed by atoms with E-state index < -0.39 is 23.4 Å². The van der Waals surface area contributed by atoms with Crippen LogP contribution in [0.3, 0.4) is 0 Å². The molecular formula is C30H29ClN2O5. The van der Waals surface area contributed by atoms with Crippen LogP contribution in [0.2, 0.25) is 5.02 Å². The van der Waals surface area contributed by atoms with Crippen LogP contribution in [-0.4, -0.2) is 29.5 Å². The quantitative estimate of drug-likeness (QED) is 0.284. The zero-order valence-corrected chi connectivity index (χ0v) is 22.4. The SMILES string of the molecule is CC(=O)Oc1cccc(C(=O)OC(C)(C)C(=O)N[C@@H](C)[C@@H](Cc2ccc(Cl)cc2)c2cccc(C#N)c2)c1. The molecule has 0 aromatic heterocycles. The van der Waals surface area contributed by atoms with Crippen molar-refractivity contribution in [2.45, 2.75) is 51.7 Å². The Morgan fingerprint density at radius 2 is 1.71 bits per heavy atom. The fraction of sp³-hybridized carbons (Fsp3) is 0.267. The maximum absolute atomic E-state index is 13.3. The summed E-state index contributed by atoms with van der Waals surface area (Å²) in [6, 6.07) is 22.5. The largest absolute Gasteiger partial charge is 0.446 e. The second kappa shape index (κ2) is 12.4. The van der Waals surface area contributed by atoms with E-state index in [1.165, 1.54) is 32.9 Å². The summed E-state index contributed by atoms with van der Waals surface area (Å²) in [4.78, 5) is 37.3. The van der Waals surface area contributed by atoms with E-state index in [4.69, 9.17) is 21.1 Å². The van der Waals surface area contributed by atoms with Crippen LogP contribution in [0.1, 0.15) is 60.7 Å². The zero-order valence-electron chi connectivity index (χ0n) is 21.7. The predicted octanol–water partition coefficient (Wildman–Crippen LogP) is 5.60. The van der Waals surface area contributed by atoms with Crippen molar-refractivity contribution >= 4 is 29.4 Å². The molecule has 0 aliphatic heterocycles. The van der Waals surface area contributed by atoms with Crippen LogP contribution in [0.5, 0.6) is 5.75 Å². The summed E-state index contributed by atoms with van der Waals surface area (Å²) in [6.45, 7) is 6.15. The van der Waals surface area contributed by atoms with Gasteiger partial charge in [0.25, 0.3) is 5.91 Å². The molecule has 0 aliphatic carbocycles. The highest BCUT2D eigenvalue weighted by atomic mass is 35.5. The molecule has 38 heavy (non-hydrogen) atoms. The van der Waals surface area contributed by atoms with E-state index in [9.17, 15) is 19.6 Å². The molecule has 3 aromatic rings. The molecule has 0 fully saturated rings. The van der Waals surface area contributed by atoms with Crippen LogP contribution in [0, 0.1) is 11.3 Å². The van der Waals surface area contributed by atoms with Crippen molar-refractivity contribution in [1.29, 1.82) is 5.26 Å². The molecule has 8 heteroatoms. The van der Waals surface area contributed by atoms with Gasteiger partial charge in [0.05, 0.1) is 17.2 Å². The van der Waals surface area contributed by atoms with Gasteiger partial charge in [0, 0.05) is 23.9 Å². The van der Waals surface area contributed by atoms with E-state index in [2.05, 4.69) is 11.4 Å². The summed E-state index contributed by atoms with van der Waals surface area (Å²) < 4.78 is 10.6. The van der Waals surface area contributed by atoms with E-state index in [1.54, 1.807) is 18.2 Å². The number of hydrogen-bond donors (Lipinski definition) is 1. The number of ether oxygens (including phenoxy) is 2. The first kappa shape index (κ1) is 28.4. The number of nitrogens with zero attached hydrogens (tertiary/aromatic N) is 1. The van der Waals surface area contributed by atoms with Crippen molar-refractivity contribution in [2.75, 3.05) is 0 Å². The van der Waals surface area contributed by atoms with Crippen LogP contribution in [-0.2, 0) is 20.7 Å². The van der Waals surface area contributed by atoms with Crippen molar-refractivity contribution in [1.82, 2.24) is 5.32 Å². The summed E-state index contributed by atoms with van der Waals surface area (Å²) >= 11 is 6.05. The maximum Gasteiger partial charge on any atom is 0.339 e. The summed E-state index contributed by atoms with van der Waals surface area (Å²) in [6.07, 6.45) is 0.580. The lowest BCUT2D eigenvalue weighted by molar-refractivity contribution is -0.138. The Morgan fingerprint density at radius 3 is 2.37 bits per heavy atom. The maximum atomic E-state index is 13.3. The van der Waals surface area contributed by atoms with Gasteiger partial charge in [0.1, 0.15) is 5.75 Å². The summed E-state index contributed by atoms with van der Waals surface area (Å²) in [5, 5.41) is 13.0. The summed E-state index contributed by atoms with van der Waals surface area (Å²) in [5.41, 5.74) is 1.08. The highest BCUT2D eigenvalue weighted by Crippen LogP contribution is 2.27. The van der Waals surface area contributed by atoms with Gasteiger partial charge in [-0.05, 0) is 80.8 Å². The fourth-order valence-corrected chi connectivity index (χ4v) is 4.09. The van der Waals surface area contributed by atoms with Gasteiger partial charge in [-0.15, -0.1) is 0 Å². The van der Waals surface area contributed by atoms with Crippen LogP contribution >= 0.6 is 11.6 Å². The van der Waals surface area contributed by atoms with Crippen molar-refractivity contribution in [3.63, 3.8) is 0 Å². The second-order valence-corrected chi connectivity index (χ2v) is 9.89. The predicted molar refractivity (Wildman–Crippen MR) is 144 cm³/mol. The molecule has 3 rings (SSSR count). The monoisotopic (exact) mass is 532 g/mol. The number of esters is 2. The number of carbonyl (C=O) groups is 3. The topological polar surface area (TPSA) is 105 Å². The van der Waals surface area contributed by atoms with Gasteiger partial charge in [-0.25, -0.2) is 4.79 Å². The van der Waals surface area contributed by atoms with Crippen molar-refractivity contribution in [3.05, 3.63) is 100 Å². The van der Waals surface area contributed by atoms with Crippen LogP contribution in [0.25, 0.3) is 0 Å². The van der Waals surface area contributed by atoms with Crippen molar-refractivity contribution in [3.8, 4) is 11.8 Å². The van der Waals surface area contributed by atoms with E-state index in [0.29, 0.717) is 17.0 Å². The molecular weight excluding hydrogens is 504 g/mol. The van der Waals surface area contributed by atoms with Crippen molar-refractivity contribution in [2.24, 2.45) is 0 Å². The molecule has 0 spiro atoms. The first-order chi connectivity index (χ1) is 18.0. The van der Waals surface area contributed by atoms with Gasteiger partial charge >= 0.3 is 11.9 Å². The first-order valence-corrected chi connectivity index (χ1v) is 12.4. The molecule has 0 saturated carbocycles. The van der Waals surface area contributed by atoms with Gasteiger partial charge in [0.2, 0.25) is 0 Å². The van der Waals surface area contributed by atoms with E-state index in [-0.39, 0.29) is 23.3 Å². The van der Waals surface area contributed by atoms with E-state index >= 15 is 0 Å². The number of benzene rings is 3. The Balaban J connectivity index is 1.78. The normalized spacial score (nSPS) is 12.5. The lowest BCUT2D eigenvalue weighted by atomic mass is 9.85. The third-order valence-electron chi connectivity index (χ3n) is 6.00. The number of hydrogen-bond acceptors (Lipinski definition) is 6. The van der Waals surface area contributed by atoms with Crippen LogP contribution < -0.4 is 10.1 Å². The van der Waals surface area contributed by atoms with Gasteiger partial charge in [-0.3, -0.25) is 9.59 Å². The van der Waals surface area contributed by atoms with Crippen LogP contribution in [0.15, 0.2) is 72.8 Å².